The van der Waals surface area contributed by atoms with E-state index in [1.54, 1.807) is 6.20 Å². The van der Waals surface area contributed by atoms with Crippen molar-refractivity contribution < 1.29 is 4.79 Å². The van der Waals surface area contributed by atoms with E-state index in [-0.39, 0.29) is 5.69 Å². The minimum atomic E-state index is -0.559. The van der Waals surface area contributed by atoms with Crippen LogP contribution in [-0.2, 0) is 0 Å². The normalized spacial score (nSPS) is 10.3. The van der Waals surface area contributed by atoms with Gasteiger partial charge in [0.2, 0.25) is 0 Å². The molecule has 0 radical (unpaired) electrons. The minimum Gasteiger partial charge on any atom is -0.364 e. The molecule has 0 bridgehead atoms. The fraction of sp³-hybridized carbons (Fsp3) is 0.444. The highest BCUT2D eigenvalue weighted by Crippen LogP contribution is 2.09. The third kappa shape index (κ3) is 2.18. The Kier molecular flexibility index (Phi) is 3.01. The molecule has 1 aromatic rings. The molecule has 0 aromatic carbocycles. The first-order valence-corrected chi connectivity index (χ1v) is 4.37. The van der Waals surface area contributed by atoms with Gasteiger partial charge in [-0.05, 0) is 13.8 Å². The van der Waals surface area contributed by atoms with E-state index in [9.17, 15) is 4.79 Å². The second kappa shape index (κ2) is 4.04. The number of hydrogen-bond donors (Lipinski definition) is 1. The first kappa shape index (κ1) is 10.4. The number of anilines is 1. The topological polar surface area (TPSA) is 72.1 Å². The molecule has 0 saturated heterocycles. The fourth-order valence-corrected chi connectivity index (χ4v) is 0.895. The molecule has 0 aliphatic heterocycles. The van der Waals surface area contributed by atoms with E-state index >= 15 is 0 Å². The Morgan fingerprint density at radius 3 is 2.43 bits per heavy atom. The summed E-state index contributed by atoms with van der Waals surface area (Å²) in [5, 5.41) is 0. The Morgan fingerprint density at radius 2 is 2.07 bits per heavy atom. The van der Waals surface area contributed by atoms with Crippen LogP contribution in [0.1, 0.15) is 24.3 Å². The second-order valence-corrected chi connectivity index (χ2v) is 3.33. The van der Waals surface area contributed by atoms with E-state index in [0.717, 1.165) is 5.82 Å². The van der Waals surface area contributed by atoms with Crippen molar-refractivity contribution in [3.8, 4) is 0 Å². The summed E-state index contributed by atoms with van der Waals surface area (Å²) in [5.74, 6) is 0.168. The second-order valence-electron chi connectivity index (χ2n) is 3.33. The van der Waals surface area contributed by atoms with E-state index in [4.69, 9.17) is 5.73 Å². The van der Waals surface area contributed by atoms with Crippen LogP contribution in [0, 0.1) is 0 Å². The first-order chi connectivity index (χ1) is 6.52. The van der Waals surface area contributed by atoms with Gasteiger partial charge in [0.25, 0.3) is 5.91 Å². The van der Waals surface area contributed by atoms with Crippen molar-refractivity contribution in [3.63, 3.8) is 0 Å². The summed E-state index contributed by atoms with van der Waals surface area (Å²) in [5.41, 5.74) is 5.23. The lowest BCUT2D eigenvalue weighted by atomic mass is 10.3. The van der Waals surface area contributed by atoms with Crippen LogP contribution in [0.4, 0.5) is 5.82 Å². The molecule has 0 fully saturated rings. The van der Waals surface area contributed by atoms with E-state index in [0.29, 0.717) is 6.04 Å². The van der Waals surface area contributed by atoms with Crippen LogP contribution in [0.2, 0.25) is 0 Å². The molecule has 0 aliphatic carbocycles. The monoisotopic (exact) mass is 194 g/mol. The molecule has 5 heteroatoms. The number of nitrogens with zero attached hydrogens (tertiary/aromatic N) is 3. The molecule has 5 nitrogen and oxygen atoms in total. The molecule has 0 unspecified atom stereocenters. The average molecular weight is 194 g/mol. The summed E-state index contributed by atoms with van der Waals surface area (Å²) < 4.78 is 0. The number of amides is 1. The average Bonchev–Trinajstić information content (AvgIpc) is 2.16. The van der Waals surface area contributed by atoms with E-state index < -0.39 is 5.91 Å². The smallest absolute Gasteiger partial charge is 0.268 e. The van der Waals surface area contributed by atoms with Gasteiger partial charge in [-0.1, -0.05) is 0 Å². The molecule has 1 aromatic heterocycles. The maximum Gasteiger partial charge on any atom is 0.268 e. The Labute approximate surface area is 83.0 Å². The maximum atomic E-state index is 10.7. The first-order valence-electron chi connectivity index (χ1n) is 4.37. The molecule has 0 spiro atoms. The summed E-state index contributed by atoms with van der Waals surface area (Å²) in [6.45, 7) is 4.09. The third-order valence-electron chi connectivity index (χ3n) is 2.03. The van der Waals surface area contributed by atoms with Crippen molar-refractivity contribution in [3.05, 3.63) is 18.1 Å². The molecule has 76 valence electrons. The largest absolute Gasteiger partial charge is 0.364 e. The molecular weight excluding hydrogens is 180 g/mol. The van der Waals surface area contributed by atoms with Crippen LogP contribution in [0.5, 0.6) is 0 Å². The van der Waals surface area contributed by atoms with Crippen LogP contribution >= 0.6 is 0 Å². The zero-order valence-electron chi connectivity index (χ0n) is 8.56. The summed E-state index contributed by atoms with van der Waals surface area (Å²) in [6, 6.07) is 0.337. The lowest BCUT2D eigenvalue weighted by Gasteiger charge is -2.21. The van der Waals surface area contributed by atoms with Gasteiger partial charge in [-0.25, -0.2) is 9.97 Å². The molecule has 0 atom stereocenters. The maximum absolute atomic E-state index is 10.7. The summed E-state index contributed by atoms with van der Waals surface area (Å²) in [7, 11) is 1.92. The summed E-state index contributed by atoms with van der Waals surface area (Å²) in [4.78, 5) is 20.7. The van der Waals surface area contributed by atoms with Crippen molar-refractivity contribution in [1.29, 1.82) is 0 Å². The molecule has 0 aliphatic rings. The zero-order chi connectivity index (χ0) is 10.7. The highest BCUT2D eigenvalue weighted by Gasteiger charge is 2.08. The van der Waals surface area contributed by atoms with Crippen molar-refractivity contribution in [2.75, 3.05) is 11.9 Å². The van der Waals surface area contributed by atoms with Gasteiger partial charge in [0.1, 0.15) is 11.5 Å². The highest BCUT2D eigenvalue weighted by atomic mass is 16.1. The Morgan fingerprint density at radius 1 is 1.43 bits per heavy atom. The van der Waals surface area contributed by atoms with Crippen molar-refractivity contribution >= 4 is 11.7 Å². The minimum absolute atomic E-state index is 0.186. The Balaban J connectivity index is 2.88. The molecule has 1 rings (SSSR count). The molecule has 2 N–H and O–H groups in total. The lowest BCUT2D eigenvalue weighted by Crippen LogP contribution is -2.27. The number of nitrogens with two attached hydrogens (primary N) is 1. The molecule has 0 saturated carbocycles. The van der Waals surface area contributed by atoms with Gasteiger partial charge in [0, 0.05) is 13.1 Å². The standard InChI is InChI=1S/C9H14N4O/c1-6(2)13(3)8-5-11-7(4-12-8)9(10)14/h4-6H,1-3H3,(H2,10,14). The molecule has 1 heterocycles. The van der Waals surface area contributed by atoms with Gasteiger partial charge < -0.3 is 10.6 Å². The quantitative estimate of drug-likeness (QED) is 0.757. The number of primary amides is 1. The molecule has 1 amide bonds. The van der Waals surface area contributed by atoms with Crippen molar-refractivity contribution in [2.45, 2.75) is 19.9 Å². The van der Waals surface area contributed by atoms with Gasteiger partial charge in [-0.15, -0.1) is 0 Å². The van der Waals surface area contributed by atoms with Gasteiger partial charge in [-0.2, -0.15) is 0 Å². The van der Waals surface area contributed by atoms with Crippen molar-refractivity contribution in [2.24, 2.45) is 5.73 Å². The SMILES string of the molecule is CC(C)N(C)c1cnc(C(N)=O)cn1. The van der Waals surface area contributed by atoms with Gasteiger partial charge >= 0.3 is 0 Å². The zero-order valence-corrected chi connectivity index (χ0v) is 8.56. The van der Waals surface area contributed by atoms with Crippen LogP contribution in [0.25, 0.3) is 0 Å². The fourth-order valence-electron chi connectivity index (χ4n) is 0.895. The lowest BCUT2D eigenvalue weighted by molar-refractivity contribution is 0.0995. The summed E-state index contributed by atoms with van der Waals surface area (Å²) >= 11 is 0. The number of carbonyl (C=O) groups excluding carboxylic acids is 1. The van der Waals surface area contributed by atoms with Gasteiger partial charge in [0.15, 0.2) is 0 Å². The Bertz CT molecular complexity index is 320. The third-order valence-corrected chi connectivity index (χ3v) is 2.03. The molecule has 14 heavy (non-hydrogen) atoms. The number of carbonyl (C=O) groups is 1. The van der Waals surface area contributed by atoms with E-state index in [1.807, 2.05) is 25.8 Å². The predicted molar refractivity (Wildman–Crippen MR) is 54.1 cm³/mol. The van der Waals surface area contributed by atoms with E-state index in [2.05, 4.69) is 9.97 Å². The van der Waals surface area contributed by atoms with E-state index in [1.165, 1.54) is 6.20 Å². The van der Waals surface area contributed by atoms with Gasteiger partial charge in [-0.3, -0.25) is 4.79 Å². The van der Waals surface area contributed by atoms with Crippen LogP contribution < -0.4 is 10.6 Å². The highest BCUT2D eigenvalue weighted by molar-refractivity contribution is 5.90. The van der Waals surface area contributed by atoms with Crippen molar-refractivity contribution in [1.82, 2.24) is 9.97 Å². The Hall–Kier alpha value is -1.65. The molecular formula is C9H14N4O. The number of aromatic nitrogens is 2. The predicted octanol–water partition coefficient (Wildman–Crippen LogP) is 0.420. The number of hydrogen-bond acceptors (Lipinski definition) is 4. The summed E-state index contributed by atoms with van der Waals surface area (Å²) in [6.07, 6.45) is 2.93. The van der Waals surface area contributed by atoms with Crippen LogP contribution in [0.15, 0.2) is 12.4 Å². The van der Waals surface area contributed by atoms with Crippen LogP contribution in [0.3, 0.4) is 0 Å². The van der Waals surface area contributed by atoms with Gasteiger partial charge in [0.05, 0.1) is 12.4 Å². The number of rotatable bonds is 3. The van der Waals surface area contributed by atoms with Crippen LogP contribution in [-0.4, -0.2) is 29.0 Å².